The van der Waals surface area contributed by atoms with Crippen LogP contribution in [0.3, 0.4) is 0 Å². The lowest BCUT2D eigenvalue weighted by molar-refractivity contribution is -0.245. The van der Waals surface area contributed by atoms with Gasteiger partial charge >= 0.3 is 6.09 Å². The molecule has 216 valence electrons. The van der Waals surface area contributed by atoms with E-state index < -0.39 is 12.4 Å². The topological polar surface area (TPSA) is 77.0 Å². The average Bonchev–Trinajstić information content (AvgIpc) is 3.06. The van der Waals surface area contributed by atoms with E-state index >= 15 is 0 Å². The van der Waals surface area contributed by atoms with Crippen LogP contribution in [0.1, 0.15) is 41.1 Å². The summed E-state index contributed by atoms with van der Waals surface area (Å²) in [7, 11) is 0. The van der Waals surface area contributed by atoms with Crippen molar-refractivity contribution in [3.63, 3.8) is 0 Å². The van der Waals surface area contributed by atoms with Crippen molar-refractivity contribution in [1.82, 2.24) is 5.32 Å². The van der Waals surface area contributed by atoms with E-state index in [2.05, 4.69) is 54.4 Å². The van der Waals surface area contributed by atoms with Crippen LogP contribution in [0.5, 0.6) is 0 Å². The zero-order valence-corrected chi connectivity index (χ0v) is 24.2. The highest BCUT2D eigenvalue weighted by Crippen LogP contribution is 2.40. The highest BCUT2D eigenvalue weighted by molar-refractivity contribution is 7.99. The molecule has 1 amide bonds. The number of hydrogen-bond acceptors (Lipinski definition) is 6. The molecule has 1 aliphatic rings. The number of benzene rings is 4. The van der Waals surface area contributed by atoms with Crippen LogP contribution >= 0.6 is 11.8 Å². The van der Waals surface area contributed by atoms with E-state index in [1.165, 1.54) is 11.0 Å². The summed E-state index contributed by atoms with van der Waals surface area (Å²) in [6.45, 7) is 4.11. The second kappa shape index (κ2) is 14.8. The first kappa shape index (κ1) is 29.6. The highest BCUT2D eigenvalue weighted by Gasteiger charge is 2.32. The Morgan fingerprint density at radius 2 is 1.67 bits per heavy atom. The third kappa shape index (κ3) is 8.11. The summed E-state index contributed by atoms with van der Waals surface area (Å²) < 4.78 is 18.0. The van der Waals surface area contributed by atoms with E-state index in [0.29, 0.717) is 6.54 Å². The summed E-state index contributed by atoms with van der Waals surface area (Å²) in [6.07, 6.45) is 1.17. The fourth-order valence-corrected chi connectivity index (χ4v) is 5.72. The number of carbonyl (C=O) groups excluding carboxylic acids is 1. The fourth-order valence-electron chi connectivity index (χ4n) is 4.78. The number of aliphatic hydroxyl groups is 1. The van der Waals surface area contributed by atoms with E-state index in [-0.39, 0.29) is 25.4 Å². The minimum atomic E-state index is -0.506. The second-order valence-corrected chi connectivity index (χ2v) is 11.1. The van der Waals surface area contributed by atoms with E-state index in [4.69, 9.17) is 14.2 Å². The van der Waals surface area contributed by atoms with E-state index in [9.17, 15) is 9.90 Å². The predicted molar refractivity (Wildman–Crippen MR) is 166 cm³/mol. The third-order valence-corrected chi connectivity index (χ3v) is 8.15. The van der Waals surface area contributed by atoms with Gasteiger partial charge in [0.1, 0.15) is 6.61 Å². The van der Waals surface area contributed by atoms with Crippen LogP contribution in [-0.4, -0.2) is 29.7 Å². The van der Waals surface area contributed by atoms with Gasteiger partial charge in [-0.1, -0.05) is 97.6 Å². The third-order valence-electron chi connectivity index (χ3n) is 7.01. The summed E-state index contributed by atoms with van der Waals surface area (Å²) in [5.74, 6) is 0.815. The number of nitrogens with one attached hydrogen (secondary N) is 1. The van der Waals surface area contributed by atoms with Gasteiger partial charge in [-0.3, -0.25) is 0 Å². The first-order valence-electron chi connectivity index (χ1n) is 14.0. The summed E-state index contributed by atoms with van der Waals surface area (Å²) in [5, 5.41) is 12.2. The SMILES string of the molecule is C=CCOC(=O)NCc1cccc(-c2ccc([C@@H]3O[C@H](CSc4ccccc4)C[C@H](c4ccc(CO)cc4)O3)cc2)c1. The number of thioether (sulfide) groups is 1. The normalized spacial score (nSPS) is 18.3. The molecule has 7 heteroatoms. The number of hydrogen-bond donors (Lipinski definition) is 2. The summed E-state index contributed by atoms with van der Waals surface area (Å²) in [4.78, 5) is 13.0. The number of amides is 1. The van der Waals surface area contributed by atoms with Gasteiger partial charge in [0.15, 0.2) is 6.29 Å². The average molecular weight is 582 g/mol. The van der Waals surface area contributed by atoms with Gasteiger partial charge in [-0.25, -0.2) is 4.79 Å². The summed E-state index contributed by atoms with van der Waals surface area (Å²) >= 11 is 1.79. The Hall–Kier alpha value is -3.88. The van der Waals surface area contributed by atoms with Crippen molar-refractivity contribution in [1.29, 1.82) is 0 Å². The number of rotatable bonds is 11. The Labute approximate surface area is 251 Å². The lowest BCUT2D eigenvalue weighted by Crippen LogP contribution is -2.31. The predicted octanol–water partition coefficient (Wildman–Crippen LogP) is 7.60. The lowest BCUT2D eigenvalue weighted by Gasteiger charge is -2.36. The molecule has 0 unspecified atom stereocenters. The van der Waals surface area contributed by atoms with Gasteiger partial charge in [-0.05, 0) is 46.0 Å². The maximum Gasteiger partial charge on any atom is 0.407 e. The van der Waals surface area contributed by atoms with Gasteiger partial charge < -0.3 is 24.6 Å². The molecule has 2 N–H and O–H groups in total. The summed E-state index contributed by atoms with van der Waals surface area (Å²) in [5.41, 5.74) is 5.97. The van der Waals surface area contributed by atoms with Crippen molar-refractivity contribution in [3.05, 3.63) is 138 Å². The Bertz CT molecular complexity index is 1440. The van der Waals surface area contributed by atoms with Gasteiger partial charge in [0.2, 0.25) is 0 Å². The molecule has 0 aliphatic carbocycles. The van der Waals surface area contributed by atoms with E-state index in [1.807, 2.05) is 60.7 Å². The van der Waals surface area contributed by atoms with Crippen molar-refractivity contribution in [3.8, 4) is 11.1 Å². The molecule has 1 saturated heterocycles. The van der Waals surface area contributed by atoms with Crippen LogP contribution in [-0.2, 0) is 27.4 Å². The van der Waals surface area contributed by atoms with Crippen LogP contribution in [0.2, 0.25) is 0 Å². The largest absolute Gasteiger partial charge is 0.445 e. The van der Waals surface area contributed by atoms with Crippen LogP contribution < -0.4 is 5.32 Å². The summed E-state index contributed by atoms with van der Waals surface area (Å²) in [6, 6.07) is 34.6. The molecule has 5 rings (SSSR count). The number of carbonyl (C=O) groups is 1. The molecule has 1 aliphatic heterocycles. The van der Waals surface area contributed by atoms with Crippen molar-refractivity contribution >= 4 is 17.9 Å². The molecule has 1 fully saturated rings. The molecular formula is C35H35NO5S. The van der Waals surface area contributed by atoms with Crippen molar-refractivity contribution in [2.75, 3.05) is 12.4 Å². The zero-order chi connectivity index (χ0) is 29.1. The minimum absolute atomic E-state index is 0.00139. The van der Waals surface area contributed by atoms with Crippen LogP contribution in [0.15, 0.2) is 121 Å². The van der Waals surface area contributed by atoms with Gasteiger partial charge in [0, 0.05) is 29.2 Å². The van der Waals surface area contributed by atoms with Crippen LogP contribution in [0, 0.1) is 0 Å². The molecular weight excluding hydrogens is 546 g/mol. The molecule has 0 bridgehead atoms. The Morgan fingerprint density at radius 3 is 2.40 bits per heavy atom. The molecule has 3 atom stereocenters. The molecule has 6 nitrogen and oxygen atoms in total. The molecule has 0 spiro atoms. The second-order valence-electron chi connectivity index (χ2n) is 10.0. The standard InChI is InChI=1S/C35H35NO5S/c1-2-19-39-35(38)36-22-26-7-6-8-30(20-26)27-15-17-29(18-16-27)34-40-31(24-42-32-9-4-3-5-10-32)21-33(41-34)28-13-11-25(23-37)12-14-28/h2-18,20,31,33-34,37H,1,19,21-24H2,(H,36,38)/t31-,33+,34+/m0/s1. The number of alkyl carbamates (subject to hydrolysis) is 1. The van der Waals surface area contributed by atoms with Gasteiger partial charge in [-0.2, -0.15) is 0 Å². The van der Waals surface area contributed by atoms with Crippen LogP contribution in [0.25, 0.3) is 11.1 Å². The maximum atomic E-state index is 11.8. The van der Waals surface area contributed by atoms with Crippen molar-refractivity contribution in [2.24, 2.45) is 0 Å². The molecule has 0 radical (unpaired) electrons. The Balaban J connectivity index is 1.29. The van der Waals surface area contributed by atoms with E-state index in [0.717, 1.165) is 45.6 Å². The Morgan fingerprint density at radius 1 is 0.905 bits per heavy atom. The molecule has 0 saturated carbocycles. The van der Waals surface area contributed by atoms with Crippen molar-refractivity contribution < 1.29 is 24.1 Å². The fraction of sp³-hybridized carbons (Fsp3) is 0.229. The quantitative estimate of drug-likeness (QED) is 0.140. The number of ether oxygens (including phenoxy) is 3. The molecule has 42 heavy (non-hydrogen) atoms. The van der Waals surface area contributed by atoms with E-state index in [1.54, 1.807) is 11.8 Å². The van der Waals surface area contributed by atoms with Gasteiger partial charge in [-0.15, -0.1) is 11.8 Å². The lowest BCUT2D eigenvalue weighted by atomic mass is 9.99. The minimum Gasteiger partial charge on any atom is -0.445 e. The monoisotopic (exact) mass is 581 g/mol. The van der Waals surface area contributed by atoms with Crippen LogP contribution in [0.4, 0.5) is 4.79 Å². The van der Waals surface area contributed by atoms with Gasteiger partial charge in [0.05, 0.1) is 18.8 Å². The first-order valence-corrected chi connectivity index (χ1v) is 15.0. The molecule has 1 heterocycles. The molecule has 4 aromatic rings. The number of aliphatic hydroxyl groups excluding tert-OH is 1. The zero-order valence-electron chi connectivity index (χ0n) is 23.4. The molecule has 4 aromatic carbocycles. The van der Waals surface area contributed by atoms with Crippen molar-refractivity contribution in [2.45, 2.75) is 43.0 Å². The maximum absolute atomic E-state index is 11.8. The molecule has 0 aromatic heterocycles. The Kier molecular flexibility index (Phi) is 10.5. The van der Waals surface area contributed by atoms with Gasteiger partial charge in [0.25, 0.3) is 0 Å². The first-order chi connectivity index (χ1) is 20.6. The smallest absolute Gasteiger partial charge is 0.407 e. The highest BCUT2D eigenvalue weighted by atomic mass is 32.2.